The second kappa shape index (κ2) is 7.73. The molecule has 2 rings (SSSR count). The van der Waals surface area contributed by atoms with Crippen LogP contribution < -0.4 is 14.8 Å². The lowest BCUT2D eigenvalue weighted by Crippen LogP contribution is -2.08. The van der Waals surface area contributed by atoms with Gasteiger partial charge in [-0.3, -0.25) is 0 Å². The molecule has 0 heterocycles. The van der Waals surface area contributed by atoms with Crippen LogP contribution in [0.3, 0.4) is 0 Å². The van der Waals surface area contributed by atoms with Crippen LogP contribution in [-0.2, 0) is 6.54 Å². The minimum atomic E-state index is 0.107. The van der Waals surface area contributed by atoms with Crippen molar-refractivity contribution < 1.29 is 9.47 Å². The van der Waals surface area contributed by atoms with Gasteiger partial charge in [-0.25, -0.2) is 0 Å². The van der Waals surface area contributed by atoms with Crippen LogP contribution in [0.15, 0.2) is 34.8 Å². The van der Waals surface area contributed by atoms with Crippen LogP contribution in [0.1, 0.15) is 30.5 Å². The summed E-state index contributed by atoms with van der Waals surface area (Å²) in [7, 11) is 1.66. The van der Waals surface area contributed by atoms with E-state index in [0.29, 0.717) is 6.54 Å². The molecule has 2 aromatic rings. The Bertz CT molecular complexity index is 683. The normalized spacial score (nSPS) is 10.7. The van der Waals surface area contributed by atoms with Crippen molar-refractivity contribution in [1.82, 2.24) is 0 Å². The van der Waals surface area contributed by atoms with E-state index in [1.54, 1.807) is 7.11 Å². The van der Waals surface area contributed by atoms with Crippen molar-refractivity contribution in [2.45, 2.75) is 40.3 Å². The Hall–Kier alpha value is -1.68. The van der Waals surface area contributed by atoms with E-state index < -0.39 is 0 Å². The molecule has 124 valence electrons. The molecule has 0 aliphatic heterocycles. The predicted octanol–water partition coefficient (Wildman–Crippen LogP) is 5.47. The number of nitrogens with one attached hydrogen (secondary N) is 1. The lowest BCUT2D eigenvalue weighted by atomic mass is 10.1. The topological polar surface area (TPSA) is 30.5 Å². The van der Waals surface area contributed by atoms with Gasteiger partial charge in [0.2, 0.25) is 0 Å². The average Bonchev–Trinajstić information content (AvgIpc) is 2.49. The molecule has 0 unspecified atom stereocenters. The molecule has 0 amide bonds. The number of rotatable bonds is 6. The van der Waals surface area contributed by atoms with Gasteiger partial charge >= 0.3 is 0 Å². The molecule has 0 aliphatic carbocycles. The van der Waals surface area contributed by atoms with Gasteiger partial charge in [-0.1, -0.05) is 22.0 Å². The van der Waals surface area contributed by atoms with Crippen LogP contribution in [-0.4, -0.2) is 13.2 Å². The fraction of sp³-hybridized carbons (Fsp3) is 0.368. The lowest BCUT2D eigenvalue weighted by molar-refractivity contribution is 0.230. The Kier molecular flexibility index (Phi) is 5.94. The molecule has 0 fully saturated rings. The Morgan fingerprint density at radius 3 is 2.39 bits per heavy atom. The second-order valence-corrected chi connectivity index (χ2v) is 6.77. The van der Waals surface area contributed by atoms with E-state index in [2.05, 4.69) is 53.3 Å². The molecular weight excluding hydrogens is 354 g/mol. The lowest BCUT2D eigenvalue weighted by Gasteiger charge is -2.16. The van der Waals surface area contributed by atoms with Crippen LogP contribution >= 0.6 is 15.9 Å². The molecule has 0 aliphatic rings. The number of aryl methyl sites for hydroxylation is 2. The van der Waals surface area contributed by atoms with Crippen LogP contribution in [0.4, 0.5) is 5.69 Å². The highest BCUT2D eigenvalue weighted by molar-refractivity contribution is 9.10. The van der Waals surface area contributed by atoms with E-state index in [1.807, 2.05) is 26.0 Å². The van der Waals surface area contributed by atoms with Gasteiger partial charge < -0.3 is 14.8 Å². The molecule has 0 radical (unpaired) electrons. The zero-order chi connectivity index (χ0) is 17.0. The van der Waals surface area contributed by atoms with Gasteiger partial charge in [-0.15, -0.1) is 0 Å². The molecule has 0 aromatic heterocycles. The Morgan fingerprint density at radius 1 is 1.04 bits per heavy atom. The molecule has 0 spiro atoms. The summed E-state index contributed by atoms with van der Waals surface area (Å²) in [5, 5.41) is 3.46. The number of halogens is 1. The van der Waals surface area contributed by atoms with Crippen molar-refractivity contribution in [1.29, 1.82) is 0 Å². The minimum Gasteiger partial charge on any atom is -0.493 e. The number of hydrogen-bond acceptors (Lipinski definition) is 3. The zero-order valence-corrected chi connectivity index (χ0v) is 16.0. The quantitative estimate of drug-likeness (QED) is 0.723. The van der Waals surface area contributed by atoms with Gasteiger partial charge in [0.1, 0.15) is 0 Å². The van der Waals surface area contributed by atoms with Gasteiger partial charge in [0.15, 0.2) is 11.5 Å². The van der Waals surface area contributed by atoms with E-state index in [-0.39, 0.29) is 6.10 Å². The number of benzene rings is 2. The maximum absolute atomic E-state index is 5.79. The van der Waals surface area contributed by atoms with Gasteiger partial charge in [0.05, 0.1) is 13.2 Å². The van der Waals surface area contributed by atoms with Crippen LogP contribution in [0, 0.1) is 13.8 Å². The Balaban J connectivity index is 2.17. The molecule has 3 nitrogen and oxygen atoms in total. The van der Waals surface area contributed by atoms with E-state index >= 15 is 0 Å². The molecule has 0 atom stereocenters. The fourth-order valence-electron chi connectivity index (χ4n) is 2.27. The summed E-state index contributed by atoms with van der Waals surface area (Å²) < 4.78 is 12.2. The van der Waals surface area contributed by atoms with Crippen molar-refractivity contribution in [2.24, 2.45) is 0 Å². The van der Waals surface area contributed by atoms with Gasteiger partial charge in [-0.05, 0) is 68.7 Å². The largest absolute Gasteiger partial charge is 0.493 e. The van der Waals surface area contributed by atoms with E-state index in [9.17, 15) is 0 Å². The first-order valence-corrected chi connectivity index (χ1v) is 8.54. The van der Waals surface area contributed by atoms with Crippen molar-refractivity contribution in [2.75, 3.05) is 12.4 Å². The minimum absolute atomic E-state index is 0.107. The first-order valence-electron chi connectivity index (χ1n) is 7.75. The summed E-state index contributed by atoms with van der Waals surface area (Å²) in [6.45, 7) is 8.96. The van der Waals surface area contributed by atoms with Gasteiger partial charge in [0.25, 0.3) is 0 Å². The van der Waals surface area contributed by atoms with Crippen molar-refractivity contribution in [3.8, 4) is 11.5 Å². The second-order valence-electron chi connectivity index (χ2n) is 5.91. The molecule has 2 aromatic carbocycles. The van der Waals surface area contributed by atoms with Crippen molar-refractivity contribution in [3.63, 3.8) is 0 Å². The number of ether oxygens (including phenoxy) is 2. The van der Waals surface area contributed by atoms with E-state index in [4.69, 9.17) is 9.47 Å². The van der Waals surface area contributed by atoms with Crippen LogP contribution in [0.5, 0.6) is 11.5 Å². The monoisotopic (exact) mass is 377 g/mol. The summed E-state index contributed by atoms with van der Waals surface area (Å²) in [5.74, 6) is 1.50. The third kappa shape index (κ3) is 4.64. The maximum Gasteiger partial charge on any atom is 0.162 e. The van der Waals surface area contributed by atoms with E-state index in [1.165, 1.54) is 11.1 Å². The maximum atomic E-state index is 5.79. The average molecular weight is 378 g/mol. The highest BCUT2D eigenvalue weighted by Crippen LogP contribution is 2.34. The summed E-state index contributed by atoms with van der Waals surface area (Å²) in [6, 6.07) is 10.4. The third-order valence-corrected chi connectivity index (χ3v) is 4.42. The Morgan fingerprint density at radius 2 is 1.78 bits per heavy atom. The van der Waals surface area contributed by atoms with Crippen molar-refractivity contribution >= 4 is 21.6 Å². The SMILES string of the molecule is COc1cc(CNc2ccc(C)c(C)c2)c(Br)cc1OC(C)C. The molecule has 0 saturated heterocycles. The smallest absolute Gasteiger partial charge is 0.162 e. The third-order valence-electron chi connectivity index (χ3n) is 3.69. The van der Waals surface area contributed by atoms with Crippen LogP contribution in [0.2, 0.25) is 0 Å². The molecule has 4 heteroatoms. The molecule has 1 N–H and O–H groups in total. The van der Waals surface area contributed by atoms with E-state index in [0.717, 1.165) is 27.2 Å². The predicted molar refractivity (Wildman–Crippen MR) is 99.7 cm³/mol. The summed E-state index contributed by atoms with van der Waals surface area (Å²) in [6.07, 6.45) is 0.107. The number of hydrogen-bond donors (Lipinski definition) is 1. The number of methoxy groups -OCH3 is 1. The molecular formula is C19H24BrNO2. The van der Waals surface area contributed by atoms with Gasteiger partial charge in [0, 0.05) is 16.7 Å². The summed E-state index contributed by atoms with van der Waals surface area (Å²) >= 11 is 3.62. The Labute approximate surface area is 147 Å². The number of anilines is 1. The molecule has 0 saturated carbocycles. The van der Waals surface area contributed by atoms with Gasteiger partial charge in [-0.2, -0.15) is 0 Å². The summed E-state index contributed by atoms with van der Waals surface area (Å²) in [5.41, 5.74) is 4.82. The zero-order valence-electron chi connectivity index (χ0n) is 14.4. The van der Waals surface area contributed by atoms with Crippen LogP contribution in [0.25, 0.3) is 0 Å². The first-order chi connectivity index (χ1) is 10.9. The highest BCUT2D eigenvalue weighted by Gasteiger charge is 2.11. The highest BCUT2D eigenvalue weighted by atomic mass is 79.9. The standard InChI is InChI=1S/C19H24BrNO2/c1-12(2)23-19-10-17(20)15(9-18(19)22-5)11-21-16-7-6-13(3)14(4)8-16/h6-10,12,21H,11H2,1-5H3. The fourth-order valence-corrected chi connectivity index (χ4v) is 2.73. The molecule has 0 bridgehead atoms. The van der Waals surface area contributed by atoms with Crippen molar-refractivity contribution in [3.05, 3.63) is 51.5 Å². The first kappa shape index (κ1) is 17.7. The molecule has 23 heavy (non-hydrogen) atoms. The summed E-state index contributed by atoms with van der Waals surface area (Å²) in [4.78, 5) is 0.